The first-order valence-electron chi connectivity index (χ1n) is 8.39. The zero-order valence-corrected chi connectivity index (χ0v) is 15.6. The minimum Gasteiger partial charge on any atom is -0.273 e. The Morgan fingerprint density at radius 3 is 2.27 bits per heavy atom. The lowest BCUT2D eigenvalue weighted by Gasteiger charge is -2.34. The van der Waals surface area contributed by atoms with Crippen molar-refractivity contribution in [3.8, 4) is 0 Å². The maximum absolute atomic E-state index is 12.4. The molecule has 3 unspecified atom stereocenters. The summed E-state index contributed by atoms with van der Waals surface area (Å²) in [4.78, 5) is 12.1. The fourth-order valence-electron chi connectivity index (χ4n) is 4.45. The molecule has 4 nitrogen and oxygen atoms in total. The molecule has 2 rings (SSSR count). The van der Waals surface area contributed by atoms with E-state index >= 15 is 0 Å². The van der Waals surface area contributed by atoms with E-state index in [0.29, 0.717) is 12.3 Å². The summed E-state index contributed by atoms with van der Waals surface area (Å²) in [6.07, 6.45) is 3.87. The van der Waals surface area contributed by atoms with Crippen molar-refractivity contribution < 1.29 is 13.2 Å². The Labute approximate surface area is 135 Å². The van der Waals surface area contributed by atoms with Gasteiger partial charge < -0.3 is 0 Å². The Balaban J connectivity index is 2.07. The van der Waals surface area contributed by atoms with Crippen molar-refractivity contribution in [3.63, 3.8) is 0 Å². The minimum atomic E-state index is -3.56. The van der Waals surface area contributed by atoms with Gasteiger partial charge in [0.2, 0.25) is 15.9 Å². The Morgan fingerprint density at radius 2 is 1.86 bits per heavy atom. The molecule has 128 valence electrons. The first-order valence-corrected chi connectivity index (χ1v) is 10.0. The molecular formula is C17H31NO3S. The van der Waals surface area contributed by atoms with Crippen LogP contribution >= 0.6 is 0 Å². The van der Waals surface area contributed by atoms with Crippen LogP contribution in [0.1, 0.15) is 67.2 Å². The van der Waals surface area contributed by atoms with E-state index in [4.69, 9.17) is 0 Å². The maximum Gasteiger partial charge on any atom is 0.239 e. The zero-order chi connectivity index (χ0) is 17.0. The van der Waals surface area contributed by atoms with E-state index in [1.165, 1.54) is 6.42 Å². The van der Waals surface area contributed by atoms with Crippen LogP contribution in [0.4, 0.5) is 0 Å². The molecule has 1 amide bonds. The maximum atomic E-state index is 12.4. The van der Waals surface area contributed by atoms with Gasteiger partial charge in [-0.2, -0.15) is 0 Å². The lowest BCUT2D eigenvalue weighted by Crippen LogP contribution is -2.42. The van der Waals surface area contributed by atoms with Gasteiger partial charge in [0, 0.05) is 5.41 Å². The van der Waals surface area contributed by atoms with Gasteiger partial charge in [0.25, 0.3) is 0 Å². The molecule has 22 heavy (non-hydrogen) atoms. The highest BCUT2D eigenvalue weighted by molar-refractivity contribution is 7.90. The summed E-state index contributed by atoms with van der Waals surface area (Å²) in [5.41, 5.74) is -0.211. The number of carbonyl (C=O) groups excluding carboxylic acids is 1. The van der Waals surface area contributed by atoms with Crippen LogP contribution in [0.5, 0.6) is 0 Å². The number of hydrogen-bond acceptors (Lipinski definition) is 3. The van der Waals surface area contributed by atoms with Crippen LogP contribution in [0, 0.1) is 28.1 Å². The van der Waals surface area contributed by atoms with Gasteiger partial charge in [-0.05, 0) is 48.3 Å². The smallest absolute Gasteiger partial charge is 0.239 e. The molecule has 2 fully saturated rings. The average Bonchev–Trinajstić information content (AvgIpc) is 2.68. The van der Waals surface area contributed by atoms with E-state index in [0.717, 1.165) is 12.8 Å². The quantitative estimate of drug-likeness (QED) is 0.841. The van der Waals surface area contributed by atoms with Gasteiger partial charge >= 0.3 is 0 Å². The highest BCUT2D eigenvalue weighted by Crippen LogP contribution is 2.67. The fourth-order valence-corrected chi connectivity index (χ4v) is 6.01. The third-order valence-corrected chi connectivity index (χ3v) is 8.32. The molecule has 0 aromatic heterocycles. The summed E-state index contributed by atoms with van der Waals surface area (Å²) in [6.45, 7) is 12.3. The van der Waals surface area contributed by atoms with E-state index < -0.39 is 15.4 Å². The third kappa shape index (κ3) is 2.81. The predicted molar refractivity (Wildman–Crippen MR) is 88.7 cm³/mol. The molecule has 1 N–H and O–H groups in total. The van der Waals surface area contributed by atoms with E-state index in [-0.39, 0.29) is 28.4 Å². The fraction of sp³-hybridized carbons (Fsp3) is 0.941. The molecule has 2 aliphatic carbocycles. The largest absolute Gasteiger partial charge is 0.273 e. The van der Waals surface area contributed by atoms with Crippen LogP contribution in [-0.4, -0.2) is 20.1 Å². The van der Waals surface area contributed by atoms with Crippen LogP contribution < -0.4 is 4.72 Å². The topological polar surface area (TPSA) is 63.2 Å². The van der Waals surface area contributed by atoms with Gasteiger partial charge in [-0.1, -0.05) is 41.5 Å². The number of nitrogens with one attached hydrogen (secondary N) is 1. The van der Waals surface area contributed by atoms with Crippen molar-refractivity contribution in [1.29, 1.82) is 0 Å². The van der Waals surface area contributed by atoms with Crippen LogP contribution in [0.2, 0.25) is 0 Å². The molecular weight excluding hydrogens is 298 g/mol. The molecule has 2 bridgehead atoms. The highest BCUT2D eigenvalue weighted by Gasteiger charge is 2.60. The summed E-state index contributed by atoms with van der Waals surface area (Å²) >= 11 is 0. The monoisotopic (exact) mass is 329 g/mol. The lowest BCUT2D eigenvalue weighted by atomic mass is 9.71. The minimum absolute atomic E-state index is 0.0855. The standard InChI is InChI=1S/C17H31NO3S/c1-7-15(2,3)14(19)18-22(20,21)11-12-10-17(6)9-8-13(12)16(17,4)5/h12-13H,7-11H2,1-6H3,(H,18,19). The van der Waals surface area contributed by atoms with Crippen molar-refractivity contribution in [3.05, 3.63) is 0 Å². The van der Waals surface area contributed by atoms with Gasteiger partial charge in [0.05, 0.1) is 5.75 Å². The van der Waals surface area contributed by atoms with Crippen molar-refractivity contribution in [2.45, 2.75) is 67.2 Å². The molecule has 0 saturated heterocycles. The molecule has 0 aromatic rings. The second-order valence-electron chi connectivity index (χ2n) is 8.84. The van der Waals surface area contributed by atoms with E-state index in [1.54, 1.807) is 13.8 Å². The summed E-state index contributed by atoms with van der Waals surface area (Å²) in [5.74, 6) is 0.318. The first kappa shape index (κ1) is 17.8. The van der Waals surface area contributed by atoms with Crippen LogP contribution in [0.25, 0.3) is 0 Å². The number of amides is 1. The van der Waals surface area contributed by atoms with Gasteiger partial charge in [-0.3, -0.25) is 9.52 Å². The molecule has 0 radical (unpaired) electrons. The number of sulfonamides is 1. The number of hydrogen-bond donors (Lipinski definition) is 1. The zero-order valence-electron chi connectivity index (χ0n) is 14.8. The number of fused-ring (bicyclic) bond motifs is 2. The van der Waals surface area contributed by atoms with E-state index in [1.807, 2.05) is 6.92 Å². The van der Waals surface area contributed by atoms with E-state index in [2.05, 4.69) is 25.5 Å². The van der Waals surface area contributed by atoms with Crippen LogP contribution in [0.15, 0.2) is 0 Å². The first-order chi connectivity index (χ1) is 9.85. The molecule has 3 atom stereocenters. The highest BCUT2D eigenvalue weighted by atomic mass is 32.2. The van der Waals surface area contributed by atoms with Gasteiger partial charge in [-0.25, -0.2) is 8.42 Å². The van der Waals surface area contributed by atoms with Crippen LogP contribution in [-0.2, 0) is 14.8 Å². The molecule has 2 saturated carbocycles. The average molecular weight is 330 g/mol. The lowest BCUT2D eigenvalue weighted by molar-refractivity contribution is -0.127. The van der Waals surface area contributed by atoms with Crippen molar-refractivity contribution in [2.75, 3.05) is 5.75 Å². The molecule has 0 heterocycles. The molecule has 5 heteroatoms. The molecule has 2 aliphatic rings. The van der Waals surface area contributed by atoms with E-state index in [9.17, 15) is 13.2 Å². The van der Waals surface area contributed by atoms with Crippen molar-refractivity contribution in [1.82, 2.24) is 4.72 Å². The second-order valence-corrected chi connectivity index (χ2v) is 10.6. The van der Waals surface area contributed by atoms with Gasteiger partial charge in [0.15, 0.2) is 0 Å². The van der Waals surface area contributed by atoms with Gasteiger partial charge in [-0.15, -0.1) is 0 Å². The van der Waals surface area contributed by atoms with Crippen molar-refractivity contribution >= 4 is 15.9 Å². The Hall–Kier alpha value is -0.580. The normalized spacial score (nSPS) is 33.9. The van der Waals surface area contributed by atoms with Crippen molar-refractivity contribution in [2.24, 2.45) is 28.1 Å². The molecule has 0 aliphatic heterocycles. The Kier molecular flexibility index (Phi) is 4.21. The Morgan fingerprint density at radius 1 is 1.27 bits per heavy atom. The number of rotatable bonds is 5. The molecule has 0 spiro atoms. The van der Waals surface area contributed by atoms with Crippen LogP contribution in [0.3, 0.4) is 0 Å². The summed E-state index contributed by atoms with van der Waals surface area (Å²) < 4.78 is 27.1. The summed E-state index contributed by atoms with van der Waals surface area (Å²) in [7, 11) is -3.56. The third-order valence-electron chi connectivity index (χ3n) is 6.95. The predicted octanol–water partition coefficient (Wildman–Crippen LogP) is 3.33. The molecule has 0 aromatic carbocycles. The summed E-state index contributed by atoms with van der Waals surface area (Å²) in [5, 5.41) is 0. The second kappa shape index (κ2) is 5.22. The number of carbonyl (C=O) groups is 1. The SMILES string of the molecule is CCC(C)(C)C(=O)NS(=O)(=O)CC1CC2(C)CCC1C2(C)C. The Bertz CT molecular complexity index is 562. The summed E-state index contributed by atoms with van der Waals surface area (Å²) in [6, 6.07) is 0. The van der Waals surface area contributed by atoms with Gasteiger partial charge in [0.1, 0.15) is 0 Å².